The Morgan fingerprint density at radius 2 is 1.93 bits per heavy atom. The van der Waals surface area contributed by atoms with Crippen LogP contribution in [0, 0.1) is 5.92 Å². The van der Waals surface area contributed by atoms with Gasteiger partial charge in [0.1, 0.15) is 0 Å². The second-order valence-electron chi connectivity index (χ2n) is 7.04. The first-order valence-corrected chi connectivity index (χ1v) is 9.97. The predicted octanol–water partition coefficient (Wildman–Crippen LogP) is 2.45. The number of halogens is 1. The molecule has 0 heterocycles. The highest BCUT2D eigenvalue weighted by Gasteiger charge is 2.23. The molecule has 1 aromatic rings. The van der Waals surface area contributed by atoms with Crippen LogP contribution in [0.5, 0.6) is 11.5 Å². The minimum Gasteiger partial charge on any atom is -0.493 e. The third-order valence-electron chi connectivity index (χ3n) is 4.77. The van der Waals surface area contributed by atoms with Crippen molar-refractivity contribution in [3.63, 3.8) is 0 Å². The maximum absolute atomic E-state index is 12.4. The molecule has 2 rings (SSSR count). The fraction of sp³-hybridized carbons (Fsp3) is 0.550. The van der Waals surface area contributed by atoms with Gasteiger partial charge in [0.2, 0.25) is 0 Å². The van der Waals surface area contributed by atoms with Crippen LogP contribution in [-0.2, 0) is 14.3 Å². The number of nitrogens with one attached hydrogen (secondary N) is 1. The molecule has 1 aliphatic rings. The Bertz CT molecular complexity index is 749. The summed E-state index contributed by atoms with van der Waals surface area (Å²) in [5.74, 6) is -1.05. The summed E-state index contributed by atoms with van der Waals surface area (Å²) in [7, 11) is 1.36. The summed E-state index contributed by atoms with van der Waals surface area (Å²) in [6.07, 6.45) is 4.88. The molecule has 1 unspecified atom stereocenters. The SMILES string of the molecule is COc1cc(C(=O)OC(C)C(=O)NCC2CCCCC2)cc(Cl)c1OCC(N)=O. The molecule has 29 heavy (non-hydrogen) atoms. The van der Waals surface area contributed by atoms with E-state index in [0.29, 0.717) is 12.5 Å². The lowest BCUT2D eigenvalue weighted by Crippen LogP contribution is -2.38. The van der Waals surface area contributed by atoms with E-state index >= 15 is 0 Å². The number of esters is 1. The molecule has 0 spiro atoms. The van der Waals surface area contributed by atoms with E-state index in [4.69, 9.17) is 31.5 Å². The van der Waals surface area contributed by atoms with E-state index in [2.05, 4.69) is 5.32 Å². The topological polar surface area (TPSA) is 117 Å². The van der Waals surface area contributed by atoms with Gasteiger partial charge in [-0.25, -0.2) is 4.79 Å². The lowest BCUT2D eigenvalue weighted by atomic mass is 9.89. The third kappa shape index (κ3) is 6.81. The van der Waals surface area contributed by atoms with Crippen LogP contribution in [0.3, 0.4) is 0 Å². The first kappa shape index (κ1) is 22.8. The quantitative estimate of drug-likeness (QED) is 0.586. The van der Waals surface area contributed by atoms with Gasteiger partial charge in [-0.2, -0.15) is 0 Å². The second kappa shape index (κ2) is 10.9. The van der Waals surface area contributed by atoms with Crippen molar-refractivity contribution >= 4 is 29.4 Å². The highest BCUT2D eigenvalue weighted by molar-refractivity contribution is 6.32. The third-order valence-corrected chi connectivity index (χ3v) is 5.05. The fourth-order valence-corrected chi connectivity index (χ4v) is 3.45. The lowest BCUT2D eigenvalue weighted by Gasteiger charge is -2.22. The zero-order valence-corrected chi connectivity index (χ0v) is 17.4. The van der Waals surface area contributed by atoms with E-state index in [0.717, 1.165) is 12.8 Å². The molecule has 1 fully saturated rings. The predicted molar refractivity (Wildman–Crippen MR) is 107 cm³/mol. The number of primary amides is 1. The molecule has 1 atom stereocenters. The largest absolute Gasteiger partial charge is 0.493 e. The number of carbonyl (C=O) groups excluding carboxylic acids is 3. The van der Waals surface area contributed by atoms with Crippen LogP contribution in [0.1, 0.15) is 49.4 Å². The zero-order valence-electron chi connectivity index (χ0n) is 16.7. The van der Waals surface area contributed by atoms with Crippen LogP contribution in [0.2, 0.25) is 5.02 Å². The van der Waals surface area contributed by atoms with Gasteiger partial charge in [-0.1, -0.05) is 30.9 Å². The zero-order chi connectivity index (χ0) is 21.4. The van der Waals surface area contributed by atoms with E-state index in [9.17, 15) is 14.4 Å². The van der Waals surface area contributed by atoms with E-state index in [-0.39, 0.29) is 28.0 Å². The Kier molecular flexibility index (Phi) is 8.57. The van der Waals surface area contributed by atoms with Crippen molar-refractivity contribution in [2.45, 2.75) is 45.1 Å². The standard InChI is InChI=1S/C20H27ClN2O6/c1-12(19(25)23-10-13-6-4-3-5-7-13)29-20(26)14-8-15(21)18(16(9-14)27-2)28-11-17(22)24/h8-9,12-13H,3-7,10-11H2,1-2H3,(H2,22,24)(H,23,25). The number of hydrogen-bond acceptors (Lipinski definition) is 6. The van der Waals surface area contributed by atoms with Crippen LogP contribution < -0.4 is 20.5 Å². The van der Waals surface area contributed by atoms with Gasteiger partial charge in [-0.3, -0.25) is 9.59 Å². The molecule has 0 radical (unpaired) electrons. The number of methoxy groups -OCH3 is 1. The van der Waals surface area contributed by atoms with Crippen LogP contribution in [0.25, 0.3) is 0 Å². The van der Waals surface area contributed by atoms with E-state index < -0.39 is 24.6 Å². The summed E-state index contributed by atoms with van der Waals surface area (Å²) < 4.78 is 15.6. The summed E-state index contributed by atoms with van der Waals surface area (Å²) in [5.41, 5.74) is 5.14. The van der Waals surface area contributed by atoms with E-state index in [1.807, 2.05) is 0 Å². The van der Waals surface area contributed by atoms with Crippen LogP contribution >= 0.6 is 11.6 Å². The molecule has 1 saturated carbocycles. The number of hydrogen-bond donors (Lipinski definition) is 2. The minimum absolute atomic E-state index is 0.0481. The van der Waals surface area contributed by atoms with Crippen molar-refractivity contribution in [2.24, 2.45) is 11.7 Å². The molecule has 9 heteroatoms. The number of carbonyl (C=O) groups is 3. The van der Waals surface area contributed by atoms with Gasteiger partial charge in [0, 0.05) is 6.54 Å². The molecular weight excluding hydrogens is 400 g/mol. The number of amides is 2. The smallest absolute Gasteiger partial charge is 0.339 e. The normalized spacial score (nSPS) is 15.3. The first-order chi connectivity index (χ1) is 13.8. The number of benzene rings is 1. The summed E-state index contributed by atoms with van der Waals surface area (Å²) in [6.45, 7) is 1.71. The van der Waals surface area contributed by atoms with Crippen molar-refractivity contribution in [3.05, 3.63) is 22.7 Å². The van der Waals surface area contributed by atoms with Crippen molar-refractivity contribution in [3.8, 4) is 11.5 Å². The highest BCUT2D eigenvalue weighted by Crippen LogP contribution is 2.36. The maximum atomic E-state index is 12.4. The summed E-state index contributed by atoms with van der Waals surface area (Å²) in [4.78, 5) is 35.6. The van der Waals surface area contributed by atoms with Crippen molar-refractivity contribution in [1.82, 2.24) is 5.32 Å². The Labute approximate surface area is 175 Å². The monoisotopic (exact) mass is 426 g/mol. The van der Waals surface area contributed by atoms with Gasteiger partial charge in [-0.15, -0.1) is 0 Å². The fourth-order valence-electron chi connectivity index (χ4n) is 3.18. The Balaban J connectivity index is 1.96. The molecule has 3 N–H and O–H groups in total. The molecule has 0 aromatic heterocycles. The van der Waals surface area contributed by atoms with Crippen LogP contribution in [0.15, 0.2) is 12.1 Å². The molecule has 0 bridgehead atoms. The minimum atomic E-state index is -0.957. The van der Waals surface area contributed by atoms with Crippen LogP contribution in [0.4, 0.5) is 0 Å². The molecule has 160 valence electrons. The summed E-state index contributed by atoms with van der Waals surface area (Å²) in [5, 5.41) is 2.90. The van der Waals surface area contributed by atoms with Gasteiger partial charge in [0.15, 0.2) is 24.2 Å². The van der Waals surface area contributed by atoms with Gasteiger partial charge < -0.3 is 25.3 Å². The molecular formula is C20H27ClN2O6. The highest BCUT2D eigenvalue weighted by atomic mass is 35.5. The first-order valence-electron chi connectivity index (χ1n) is 9.59. The number of rotatable bonds is 9. The maximum Gasteiger partial charge on any atom is 0.339 e. The van der Waals surface area contributed by atoms with Crippen molar-refractivity contribution in [1.29, 1.82) is 0 Å². The van der Waals surface area contributed by atoms with Crippen molar-refractivity contribution < 1.29 is 28.6 Å². The molecule has 0 aliphatic heterocycles. The average molecular weight is 427 g/mol. The number of ether oxygens (including phenoxy) is 3. The van der Waals surface area contributed by atoms with Gasteiger partial charge in [0.05, 0.1) is 17.7 Å². The van der Waals surface area contributed by atoms with E-state index in [1.54, 1.807) is 0 Å². The van der Waals surface area contributed by atoms with Crippen LogP contribution in [-0.4, -0.2) is 44.1 Å². The Morgan fingerprint density at radius 1 is 1.24 bits per heavy atom. The number of nitrogens with two attached hydrogens (primary N) is 1. The molecule has 1 aliphatic carbocycles. The lowest BCUT2D eigenvalue weighted by molar-refractivity contribution is -0.129. The Hall–Kier alpha value is -2.48. The van der Waals surface area contributed by atoms with Gasteiger partial charge in [-0.05, 0) is 37.8 Å². The summed E-state index contributed by atoms with van der Waals surface area (Å²) in [6, 6.07) is 2.67. The molecule has 0 saturated heterocycles. The molecule has 1 aromatic carbocycles. The van der Waals surface area contributed by atoms with E-state index in [1.165, 1.54) is 45.4 Å². The average Bonchev–Trinajstić information content (AvgIpc) is 2.70. The van der Waals surface area contributed by atoms with Crippen molar-refractivity contribution in [2.75, 3.05) is 20.3 Å². The second-order valence-corrected chi connectivity index (χ2v) is 7.45. The Morgan fingerprint density at radius 3 is 2.55 bits per heavy atom. The molecule has 2 amide bonds. The summed E-state index contributed by atoms with van der Waals surface area (Å²) >= 11 is 6.13. The van der Waals surface area contributed by atoms with Gasteiger partial charge >= 0.3 is 5.97 Å². The van der Waals surface area contributed by atoms with Gasteiger partial charge in [0.25, 0.3) is 11.8 Å². The molecule has 8 nitrogen and oxygen atoms in total.